The van der Waals surface area contributed by atoms with Gasteiger partial charge >= 0.3 is 0 Å². The molecule has 4 nitrogen and oxygen atoms in total. The van der Waals surface area contributed by atoms with Crippen LogP contribution in [0.25, 0.3) is 11.8 Å². The van der Waals surface area contributed by atoms with Gasteiger partial charge in [-0.1, -0.05) is 29.3 Å². The van der Waals surface area contributed by atoms with Crippen molar-refractivity contribution >= 4 is 27.7 Å². The molecule has 0 atom stereocenters. The number of halogens is 1. The van der Waals surface area contributed by atoms with Crippen LogP contribution in [0.4, 0.5) is 0 Å². The van der Waals surface area contributed by atoms with E-state index in [0.29, 0.717) is 6.79 Å². The molecular formula is C23H24BrNO3. The van der Waals surface area contributed by atoms with Crippen molar-refractivity contribution in [2.24, 2.45) is 0 Å². The lowest BCUT2D eigenvalue weighted by molar-refractivity contribution is 0.174. The third-order valence-electron chi connectivity index (χ3n) is 6.00. The van der Waals surface area contributed by atoms with E-state index in [-0.39, 0.29) is 0 Å². The Labute approximate surface area is 174 Å². The molecule has 0 radical (unpaired) electrons. The standard InChI is InChI=1S/C23H24BrNO3/c1-3-4-5-15-18-12-25-7-6-14-8-22-23(28-13-27-22)10-16(14)20(25)9-17(18)19(24)11-21(15)26-2/h8-11H,3-7,12-13H2,1-2H3. The van der Waals surface area contributed by atoms with Gasteiger partial charge in [-0.2, -0.15) is 0 Å². The lowest BCUT2D eigenvalue weighted by Crippen LogP contribution is -2.32. The van der Waals surface area contributed by atoms with Gasteiger partial charge in [0.05, 0.1) is 7.11 Å². The molecule has 0 bridgehead atoms. The Morgan fingerprint density at radius 3 is 2.79 bits per heavy atom. The van der Waals surface area contributed by atoms with Crippen molar-refractivity contribution in [3.8, 4) is 17.2 Å². The molecule has 2 aromatic carbocycles. The number of hydrogen-bond donors (Lipinski definition) is 0. The highest BCUT2D eigenvalue weighted by molar-refractivity contribution is 9.10. The number of fused-ring (bicyclic) bond motifs is 5. The number of methoxy groups -OCH3 is 1. The van der Waals surface area contributed by atoms with E-state index in [2.05, 4.69) is 52.0 Å². The SMILES string of the molecule is CCCCc1c(OC)cc(Br)c2c1CN1CCc3cc4c(cc3C1=C2)OCO4. The van der Waals surface area contributed by atoms with Crippen LogP contribution in [0.15, 0.2) is 22.7 Å². The van der Waals surface area contributed by atoms with Gasteiger partial charge in [0.1, 0.15) is 5.75 Å². The van der Waals surface area contributed by atoms with Crippen molar-refractivity contribution in [3.63, 3.8) is 0 Å². The quantitative estimate of drug-likeness (QED) is 0.635. The summed E-state index contributed by atoms with van der Waals surface area (Å²) >= 11 is 3.79. The zero-order valence-electron chi connectivity index (χ0n) is 16.3. The molecule has 0 N–H and O–H groups in total. The van der Waals surface area contributed by atoms with Crippen molar-refractivity contribution in [1.82, 2.24) is 4.90 Å². The van der Waals surface area contributed by atoms with Crippen molar-refractivity contribution in [3.05, 3.63) is 50.5 Å². The summed E-state index contributed by atoms with van der Waals surface area (Å²) in [5.41, 5.74) is 7.91. The molecule has 5 rings (SSSR count). The first-order chi connectivity index (χ1) is 13.7. The van der Waals surface area contributed by atoms with Gasteiger partial charge in [-0.25, -0.2) is 0 Å². The molecule has 2 aromatic rings. The summed E-state index contributed by atoms with van der Waals surface area (Å²) in [6.07, 6.45) is 6.76. The molecule has 28 heavy (non-hydrogen) atoms. The number of rotatable bonds is 4. The molecule has 0 spiro atoms. The van der Waals surface area contributed by atoms with Crippen molar-refractivity contribution < 1.29 is 14.2 Å². The number of unbranched alkanes of at least 4 members (excludes halogenated alkanes) is 1. The molecule has 3 aliphatic rings. The first kappa shape index (κ1) is 17.9. The molecular weight excluding hydrogens is 418 g/mol. The highest BCUT2D eigenvalue weighted by Gasteiger charge is 2.30. The van der Waals surface area contributed by atoms with E-state index in [9.17, 15) is 0 Å². The van der Waals surface area contributed by atoms with Gasteiger partial charge in [0.25, 0.3) is 0 Å². The lowest BCUT2D eigenvalue weighted by Gasteiger charge is -2.38. The Bertz CT molecular complexity index is 983. The van der Waals surface area contributed by atoms with Gasteiger partial charge < -0.3 is 19.1 Å². The Balaban J connectivity index is 1.65. The summed E-state index contributed by atoms with van der Waals surface area (Å²) in [5, 5.41) is 0. The normalized spacial score (nSPS) is 16.2. The van der Waals surface area contributed by atoms with E-state index >= 15 is 0 Å². The summed E-state index contributed by atoms with van der Waals surface area (Å²) in [4.78, 5) is 2.49. The molecule has 0 aromatic heterocycles. The van der Waals surface area contributed by atoms with Gasteiger partial charge in [-0.05, 0) is 65.8 Å². The Hall–Kier alpha value is -2.14. The fourth-order valence-corrected chi connectivity index (χ4v) is 5.08. The maximum absolute atomic E-state index is 5.73. The number of hydrogen-bond acceptors (Lipinski definition) is 4. The van der Waals surface area contributed by atoms with Crippen molar-refractivity contribution in [2.45, 2.75) is 39.2 Å². The molecule has 3 heterocycles. The van der Waals surface area contributed by atoms with Gasteiger partial charge in [-0.3, -0.25) is 0 Å². The van der Waals surface area contributed by atoms with E-state index in [1.54, 1.807) is 7.11 Å². The summed E-state index contributed by atoms with van der Waals surface area (Å²) in [6.45, 7) is 4.49. The van der Waals surface area contributed by atoms with E-state index in [1.807, 2.05) is 0 Å². The minimum absolute atomic E-state index is 0.315. The van der Waals surface area contributed by atoms with Crippen LogP contribution in [0, 0.1) is 0 Å². The number of nitrogens with zero attached hydrogens (tertiary/aromatic N) is 1. The van der Waals surface area contributed by atoms with Crippen LogP contribution in [0.1, 0.15) is 47.6 Å². The first-order valence-corrected chi connectivity index (χ1v) is 10.8. The minimum Gasteiger partial charge on any atom is -0.496 e. The molecule has 0 fully saturated rings. The van der Waals surface area contributed by atoms with Crippen LogP contribution in [0.5, 0.6) is 17.2 Å². The molecule has 0 saturated carbocycles. The second-order valence-electron chi connectivity index (χ2n) is 7.60. The monoisotopic (exact) mass is 441 g/mol. The summed E-state index contributed by atoms with van der Waals surface area (Å²) < 4.78 is 18.0. The number of ether oxygens (including phenoxy) is 3. The second-order valence-corrected chi connectivity index (χ2v) is 8.45. The Morgan fingerprint density at radius 1 is 1.18 bits per heavy atom. The van der Waals surface area contributed by atoms with E-state index < -0.39 is 0 Å². The average Bonchev–Trinajstić information content (AvgIpc) is 3.17. The highest BCUT2D eigenvalue weighted by Crippen LogP contribution is 2.45. The second kappa shape index (κ2) is 7.03. The Kier molecular flexibility index (Phi) is 4.50. The Morgan fingerprint density at radius 2 is 2.00 bits per heavy atom. The fourth-order valence-electron chi connectivity index (χ4n) is 4.52. The topological polar surface area (TPSA) is 30.9 Å². The molecule has 146 valence electrons. The van der Waals surface area contributed by atoms with E-state index in [1.165, 1.54) is 46.4 Å². The van der Waals surface area contributed by atoms with Crippen LogP contribution in [0.2, 0.25) is 0 Å². The third-order valence-corrected chi connectivity index (χ3v) is 6.65. The molecule has 0 saturated heterocycles. The summed E-state index contributed by atoms with van der Waals surface area (Å²) in [6, 6.07) is 6.43. The fraction of sp³-hybridized carbons (Fsp3) is 0.391. The largest absolute Gasteiger partial charge is 0.496 e. The molecule has 0 aliphatic carbocycles. The molecule has 3 aliphatic heterocycles. The smallest absolute Gasteiger partial charge is 0.231 e. The maximum Gasteiger partial charge on any atom is 0.231 e. The first-order valence-electron chi connectivity index (χ1n) is 9.97. The van der Waals surface area contributed by atoms with Crippen LogP contribution in [0.3, 0.4) is 0 Å². The van der Waals surface area contributed by atoms with Gasteiger partial charge in [0.2, 0.25) is 6.79 Å². The van der Waals surface area contributed by atoms with Crippen LogP contribution in [-0.4, -0.2) is 25.3 Å². The van der Waals surface area contributed by atoms with Gasteiger partial charge in [-0.15, -0.1) is 0 Å². The molecule has 0 unspecified atom stereocenters. The van der Waals surface area contributed by atoms with Crippen LogP contribution in [-0.2, 0) is 19.4 Å². The zero-order valence-corrected chi connectivity index (χ0v) is 17.9. The summed E-state index contributed by atoms with van der Waals surface area (Å²) in [7, 11) is 1.77. The maximum atomic E-state index is 5.73. The lowest BCUT2D eigenvalue weighted by atomic mass is 9.87. The summed E-state index contributed by atoms with van der Waals surface area (Å²) in [5.74, 6) is 2.72. The molecule has 5 heteroatoms. The highest BCUT2D eigenvalue weighted by atomic mass is 79.9. The van der Waals surface area contributed by atoms with Crippen molar-refractivity contribution in [1.29, 1.82) is 0 Å². The molecule has 0 amide bonds. The van der Waals surface area contributed by atoms with Crippen LogP contribution < -0.4 is 14.2 Å². The zero-order chi connectivity index (χ0) is 19.3. The van der Waals surface area contributed by atoms with Gasteiger partial charge in [0, 0.05) is 28.8 Å². The van der Waals surface area contributed by atoms with Crippen LogP contribution >= 0.6 is 15.9 Å². The third kappa shape index (κ3) is 2.79. The van der Waals surface area contributed by atoms with E-state index in [4.69, 9.17) is 14.2 Å². The van der Waals surface area contributed by atoms with Crippen molar-refractivity contribution in [2.75, 3.05) is 20.4 Å². The predicted octanol–water partition coefficient (Wildman–Crippen LogP) is 5.40. The predicted molar refractivity (Wildman–Crippen MR) is 114 cm³/mol. The van der Waals surface area contributed by atoms with E-state index in [0.717, 1.165) is 47.7 Å². The number of benzene rings is 2. The van der Waals surface area contributed by atoms with Gasteiger partial charge in [0.15, 0.2) is 11.5 Å². The minimum atomic E-state index is 0.315. The average molecular weight is 442 g/mol.